The zero-order chi connectivity index (χ0) is 22.7. The Kier molecular flexibility index (Phi) is 13.1. The van der Waals surface area contributed by atoms with Crippen LogP contribution in [0.5, 0.6) is 0 Å². The maximum absolute atomic E-state index is 11.5. The Morgan fingerprint density at radius 3 is 1.93 bits per heavy atom. The molecule has 2 atom stereocenters. The van der Waals surface area contributed by atoms with Crippen LogP contribution in [0.2, 0.25) is 0 Å². The normalized spacial score (nSPS) is 16.2. The smallest absolute Gasteiger partial charge is 0.302 e. The fourth-order valence-electron chi connectivity index (χ4n) is 2.47. The van der Waals surface area contributed by atoms with E-state index in [1.807, 2.05) is 20.8 Å². The van der Waals surface area contributed by atoms with Crippen LogP contribution in [-0.4, -0.2) is 21.3 Å². The van der Waals surface area contributed by atoms with E-state index >= 15 is 0 Å². The molecular formula is C20H36O7P2. The molecule has 0 rings (SSSR count). The summed E-state index contributed by atoms with van der Waals surface area (Å²) < 4.78 is 30.6. The van der Waals surface area contributed by atoms with Gasteiger partial charge in [0.1, 0.15) is 0 Å². The minimum atomic E-state index is -5.11. The molecule has 0 saturated heterocycles. The fourth-order valence-corrected chi connectivity index (χ4v) is 3.99. The zero-order valence-electron chi connectivity index (χ0n) is 18.3. The topological polar surface area (TPSA) is 113 Å². The van der Waals surface area contributed by atoms with Crippen LogP contribution in [0.3, 0.4) is 0 Å². The molecule has 0 amide bonds. The molecule has 0 fully saturated rings. The minimum Gasteiger partial charge on any atom is -0.302 e. The van der Waals surface area contributed by atoms with E-state index < -0.39 is 15.6 Å². The molecule has 0 aromatic rings. The molecule has 2 unspecified atom stereocenters. The van der Waals surface area contributed by atoms with Crippen LogP contribution in [0, 0.1) is 5.92 Å². The Bertz CT molecular complexity index is 721. The molecule has 0 aromatic carbocycles. The summed E-state index contributed by atoms with van der Waals surface area (Å²) in [5, 5.41) is 0. The molecule has 168 valence electrons. The molecule has 7 nitrogen and oxygen atoms in total. The lowest BCUT2D eigenvalue weighted by Crippen LogP contribution is -2.03. The first-order valence-corrected chi connectivity index (χ1v) is 12.6. The standard InChI is InChI=1S/C20H36O7P2/c1-16(2)8-7-9-18(5)11-13-20(12-10-17(3)4)19(6)14-15-26-29(24,25)27-28(21,22)23/h8,10-11,14,20H,7,9,12-13,15H2,1-6H3,(H,24,25)(H2,21,22,23)/b18-11+,19-14+. The Balaban J connectivity index is 5.03. The van der Waals surface area contributed by atoms with Crippen molar-refractivity contribution in [2.75, 3.05) is 6.61 Å². The van der Waals surface area contributed by atoms with Crippen molar-refractivity contribution in [2.45, 2.75) is 67.2 Å². The summed E-state index contributed by atoms with van der Waals surface area (Å²) in [5.74, 6) is 0.188. The molecule has 29 heavy (non-hydrogen) atoms. The third-order valence-corrected chi connectivity index (χ3v) is 6.30. The minimum absolute atomic E-state index is 0.188. The van der Waals surface area contributed by atoms with Gasteiger partial charge in [0.15, 0.2) is 0 Å². The number of allylic oxidation sites excluding steroid dienone is 7. The monoisotopic (exact) mass is 450 g/mol. The van der Waals surface area contributed by atoms with Crippen molar-refractivity contribution < 1.29 is 32.6 Å². The Morgan fingerprint density at radius 1 is 0.862 bits per heavy atom. The van der Waals surface area contributed by atoms with Crippen LogP contribution in [0.4, 0.5) is 0 Å². The Labute approximate surface area is 175 Å². The van der Waals surface area contributed by atoms with Crippen LogP contribution in [0.25, 0.3) is 0 Å². The Morgan fingerprint density at radius 2 is 1.41 bits per heavy atom. The van der Waals surface area contributed by atoms with Crippen LogP contribution >= 0.6 is 15.6 Å². The maximum Gasteiger partial charge on any atom is 0.481 e. The van der Waals surface area contributed by atoms with Crippen LogP contribution in [-0.2, 0) is 18.0 Å². The van der Waals surface area contributed by atoms with Gasteiger partial charge in [-0.25, -0.2) is 9.13 Å². The largest absolute Gasteiger partial charge is 0.481 e. The van der Waals surface area contributed by atoms with Crippen molar-refractivity contribution in [2.24, 2.45) is 5.92 Å². The number of phosphoric ester groups is 1. The van der Waals surface area contributed by atoms with E-state index in [9.17, 15) is 14.0 Å². The van der Waals surface area contributed by atoms with Gasteiger partial charge in [-0.1, -0.05) is 46.6 Å². The molecule has 0 heterocycles. The first-order valence-electron chi connectivity index (χ1n) is 9.55. The first kappa shape index (κ1) is 28.2. The van der Waals surface area contributed by atoms with Crippen LogP contribution in [0.15, 0.2) is 46.6 Å². The quantitative estimate of drug-likeness (QED) is 0.226. The highest BCUT2D eigenvalue weighted by Crippen LogP contribution is 2.57. The summed E-state index contributed by atoms with van der Waals surface area (Å²) >= 11 is 0. The second-order valence-corrected chi connectivity index (χ2v) is 10.4. The molecule has 0 aliphatic heterocycles. The molecule has 3 N–H and O–H groups in total. The van der Waals surface area contributed by atoms with Gasteiger partial charge in [0, 0.05) is 0 Å². The summed E-state index contributed by atoms with van der Waals surface area (Å²) in [6.45, 7) is 12.0. The predicted octanol–water partition coefficient (Wildman–Crippen LogP) is 6.21. The van der Waals surface area contributed by atoms with Crippen molar-refractivity contribution in [1.29, 1.82) is 0 Å². The SMILES string of the molecule is CC(C)=CCC/C(C)=C/CC(CC=C(C)C)/C(C)=C/COP(=O)(O)OP(=O)(O)O. The lowest BCUT2D eigenvalue weighted by Gasteiger charge is -2.16. The van der Waals surface area contributed by atoms with Gasteiger partial charge in [0.05, 0.1) is 6.61 Å². The van der Waals surface area contributed by atoms with Crippen molar-refractivity contribution in [3.05, 3.63) is 46.6 Å². The van der Waals surface area contributed by atoms with Crippen LogP contribution < -0.4 is 0 Å². The second-order valence-electron chi connectivity index (χ2n) is 7.61. The predicted molar refractivity (Wildman–Crippen MR) is 117 cm³/mol. The molecule has 0 bridgehead atoms. The second kappa shape index (κ2) is 13.5. The number of hydrogen-bond acceptors (Lipinski definition) is 4. The summed E-state index contributed by atoms with van der Waals surface area (Å²) in [5.41, 5.74) is 4.79. The van der Waals surface area contributed by atoms with Crippen molar-refractivity contribution >= 4 is 15.6 Å². The molecule has 9 heteroatoms. The molecule has 0 saturated carbocycles. The molecule has 0 spiro atoms. The van der Waals surface area contributed by atoms with Crippen molar-refractivity contribution in [1.82, 2.24) is 0 Å². The summed E-state index contributed by atoms with van der Waals surface area (Å²) in [7, 11) is -9.93. The highest BCUT2D eigenvalue weighted by molar-refractivity contribution is 7.60. The van der Waals surface area contributed by atoms with Gasteiger partial charge in [-0.05, 0) is 73.1 Å². The van der Waals surface area contributed by atoms with Gasteiger partial charge in [0.2, 0.25) is 0 Å². The van der Waals surface area contributed by atoms with Gasteiger partial charge >= 0.3 is 15.6 Å². The average molecular weight is 450 g/mol. The number of rotatable bonds is 13. The van der Waals surface area contributed by atoms with E-state index in [1.54, 1.807) is 6.08 Å². The molecule has 0 aromatic heterocycles. The number of phosphoric acid groups is 2. The van der Waals surface area contributed by atoms with E-state index in [1.165, 1.54) is 16.7 Å². The highest BCUT2D eigenvalue weighted by Gasteiger charge is 2.31. The van der Waals surface area contributed by atoms with Crippen LogP contribution in [0.1, 0.15) is 67.2 Å². The molecular weight excluding hydrogens is 414 g/mol. The van der Waals surface area contributed by atoms with Gasteiger partial charge in [-0.3, -0.25) is 4.52 Å². The lowest BCUT2D eigenvalue weighted by atomic mass is 9.91. The van der Waals surface area contributed by atoms with Crippen molar-refractivity contribution in [3.8, 4) is 0 Å². The van der Waals surface area contributed by atoms with E-state index in [0.717, 1.165) is 31.3 Å². The van der Waals surface area contributed by atoms with E-state index in [4.69, 9.17) is 9.79 Å². The molecule has 0 aliphatic carbocycles. The van der Waals surface area contributed by atoms with Gasteiger partial charge in [-0.2, -0.15) is 4.31 Å². The number of hydrogen-bond donors (Lipinski definition) is 3. The van der Waals surface area contributed by atoms with Crippen molar-refractivity contribution in [3.63, 3.8) is 0 Å². The third-order valence-electron chi connectivity index (χ3n) is 4.15. The lowest BCUT2D eigenvalue weighted by molar-refractivity contribution is 0.191. The van der Waals surface area contributed by atoms with Gasteiger partial charge in [-0.15, -0.1) is 0 Å². The summed E-state index contributed by atoms with van der Waals surface area (Å²) in [6, 6.07) is 0. The van der Waals surface area contributed by atoms with E-state index in [-0.39, 0.29) is 12.5 Å². The average Bonchev–Trinajstić information content (AvgIpc) is 2.51. The third kappa shape index (κ3) is 16.7. The van der Waals surface area contributed by atoms with E-state index in [0.29, 0.717) is 0 Å². The fraction of sp³-hybridized carbons (Fsp3) is 0.600. The summed E-state index contributed by atoms with van der Waals surface area (Å²) in [4.78, 5) is 26.6. The Hall–Kier alpha value is -0.780. The molecule has 0 radical (unpaired) electrons. The maximum atomic E-state index is 11.5. The first-order chi connectivity index (χ1) is 13.2. The summed E-state index contributed by atoms with van der Waals surface area (Å²) in [6.07, 6.45) is 11.9. The zero-order valence-corrected chi connectivity index (χ0v) is 20.1. The van der Waals surface area contributed by atoms with Gasteiger partial charge < -0.3 is 14.7 Å². The highest BCUT2D eigenvalue weighted by atomic mass is 31.3. The molecule has 0 aliphatic rings. The van der Waals surface area contributed by atoms with E-state index in [2.05, 4.69) is 47.8 Å². The van der Waals surface area contributed by atoms with Gasteiger partial charge in [0.25, 0.3) is 0 Å².